The molecule has 2 fully saturated rings. The third-order valence-corrected chi connectivity index (χ3v) is 5.00. The molecule has 2 heterocycles. The van der Waals surface area contributed by atoms with E-state index < -0.39 is 24.3 Å². The van der Waals surface area contributed by atoms with E-state index in [2.05, 4.69) is 13.8 Å². The molecule has 0 bridgehead atoms. The Hall–Kier alpha value is -1.44. The number of aliphatic hydroxyl groups is 2. The molecule has 0 amide bonds. The standard InChI is InChI=1S/C15H22N2O5/c1-15(2)6-8-9(7-15)12(22-11(8)13(19)20)17-5-4-10(18)16(3)14(17)21/h4-5,8-9,11-13,19-20H,6-7H2,1-3H3/t8-,9?,11+,12-/m1/s1. The van der Waals surface area contributed by atoms with Crippen LogP contribution in [0.15, 0.2) is 21.9 Å². The van der Waals surface area contributed by atoms with Crippen LogP contribution in [0.4, 0.5) is 0 Å². The van der Waals surface area contributed by atoms with E-state index in [1.807, 2.05) is 0 Å². The van der Waals surface area contributed by atoms with Gasteiger partial charge in [-0.2, -0.15) is 0 Å². The Bertz CT molecular complexity index is 690. The predicted octanol–water partition coefficient (Wildman–Crippen LogP) is -0.193. The first-order valence-electron chi connectivity index (χ1n) is 7.51. The summed E-state index contributed by atoms with van der Waals surface area (Å²) in [6.45, 7) is 4.26. The van der Waals surface area contributed by atoms with Gasteiger partial charge in [0.15, 0.2) is 6.29 Å². The number of hydrogen-bond acceptors (Lipinski definition) is 5. The van der Waals surface area contributed by atoms with Crippen molar-refractivity contribution in [2.75, 3.05) is 0 Å². The summed E-state index contributed by atoms with van der Waals surface area (Å²) in [6.07, 6.45) is 0.232. The van der Waals surface area contributed by atoms with Gasteiger partial charge >= 0.3 is 5.69 Å². The first kappa shape index (κ1) is 15.5. The van der Waals surface area contributed by atoms with Gasteiger partial charge in [-0.3, -0.25) is 13.9 Å². The number of aromatic nitrogens is 2. The van der Waals surface area contributed by atoms with Gasteiger partial charge in [0.2, 0.25) is 0 Å². The van der Waals surface area contributed by atoms with E-state index in [0.717, 1.165) is 17.4 Å². The molecule has 1 saturated heterocycles. The van der Waals surface area contributed by atoms with Gasteiger partial charge < -0.3 is 14.9 Å². The van der Waals surface area contributed by atoms with Crippen LogP contribution in [0, 0.1) is 17.3 Å². The van der Waals surface area contributed by atoms with E-state index >= 15 is 0 Å². The van der Waals surface area contributed by atoms with E-state index in [0.29, 0.717) is 0 Å². The van der Waals surface area contributed by atoms with Crippen LogP contribution >= 0.6 is 0 Å². The van der Waals surface area contributed by atoms with Crippen LogP contribution in [-0.2, 0) is 11.8 Å². The largest absolute Gasteiger partial charge is 0.366 e. The van der Waals surface area contributed by atoms with Crippen molar-refractivity contribution >= 4 is 0 Å². The normalized spacial score (nSPS) is 33.4. The topological polar surface area (TPSA) is 93.7 Å². The van der Waals surface area contributed by atoms with Crippen molar-refractivity contribution in [3.63, 3.8) is 0 Å². The molecule has 1 aromatic rings. The second-order valence-electron chi connectivity index (χ2n) is 7.21. The van der Waals surface area contributed by atoms with Crippen molar-refractivity contribution in [3.05, 3.63) is 33.1 Å². The zero-order valence-corrected chi connectivity index (χ0v) is 13.0. The van der Waals surface area contributed by atoms with E-state index in [1.54, 1.807) is 0 Å². The monoisotopic (exact) mass is 310 g/mol. The zero-order valence-electron chi connectivity index (χ0n) is 13.0. The van der Waals surface area contributed by atoms with Crippen LogP contribution in [0.2, 0.25) is 0 Å². The van der Waals surface area contributed by atoms with Crippen molar-refractivity contribution in [1.29, 1.82) is 0 Å². The number of ether oxygens (including phenoxy) is 1. The van der Waals surface area contributed by atoms with E-state index in [-0.39, 0.29) is 22.8 Å². The number of rotatable bonds is 2. The molecule has 0 spiro atoms. The fraction of sp³-hybridized carbons (Fsp3) is 0.733. The first-order chi connectivity index (χ1) is 10.2. The molecule has 3 rings (SSSR count). The maximum absolute atomic E-state index is 12.3. The van der Waals surface area contributed by atoms with Gasteiger partial charge in [-0.25, -0.2) is 4.79 Å². The zero-order chi connectivity index (χ0) is 16.2. The van der Waals surface area contributed by atoms with Crippen LogP contribution in [0.5, 0.6) is 0 Å². The Balaban J connectivity index is 2.03. The fourth-order valence-electron chi connectivity index (χ4n) is 4.04. The number of hydrogen-bond donors (Lipinski definition) is 2. The van der Waals surface area contributed by atoms with E-state index in [4.69, 9.17) is 4.74 Å². The summed E-state index contributed by atoms with van der Waals surface area (Å²) < 4.78 is 8.21. The number of fused-ring (bicyclic) bond motifs is 1. The van der Waals surface area contributed by atoms with Crippen molar-refractivity contribution in [3.8, 4) is 0 Å². The van der Waals surface area contributed by atoms with Crippen LogP contribution in [0.1, 0.15) is 32.9 Å². The SMILES string of the molecule is Cn1c(=O)ccn([C@@H]2O[C@H](C(O)O)[C@@H]3CC(C)(C)CC32)c1=O. The molecule has 2 aliphatic rings. The average molecular weight is 310 g/mol. The first-order valence-corrected chi connectivity index (χ1v) is 7.51. The summed E-state index contributed by atoms with van der Waals surface area (Å²) in [5.74, 6) is 0.0149. The second-order valence-corrected chi connectivity index (χ2v) is 7.21. The highest BCUT2D eigenvalue weighted by atomic mass is 16.6. The molecular formula is C15H22N2O5. The summed E-state index contributed by atoms with van der Waals surface area (Å²) in [7, 11) is 1.42. The minimum absolute atomic E-state index is 0.0101. The summed E-state index contributed by atoms with van der Waals surface area (Å²) in [5.41, 5.74) is -0.760. The molecule has 7 heteroatoms. The Labute approximate surface area is 127 Å². The molecule has 22 heavy (non-hydrogen) atoms. The van der Waals surface area contributed by atoms with Crippen molar-refractivity contribution < 1.29 is 14.9 Å². The Morgan fingerprint density at radius 2 is 1.91 bits per heavy atom. The third-order valence-electron chi connectivity index (χ3n) is 5.00. The van der Waals surface area contributed by atoms with Gasteiger partial charge in [0, 0.05) is 25.2 Å². The maximum Gasteiger partial charge on any atom is 0.332 e. The lowest BCUT2D eigenvalue weighted by molar-refractivity contribution is -0.163. The number of nitrogens with zero attached hydrogens (tertiary/aromatic N) is 2. The molecule has 0 radical (unpaired) electrons. The fourth-order valence-corrected chi connectivity index (χ4v) is 4.04. The van der Waals surface area contributed by atoms with Gasteiger partial charge in [-0.05, 0) is 24.2 Å². The van der Waals surface area contributed by atoms with Gasteiger partial charge in [0.1, 0.15) is 12.3 Å². The van der Waals surface area contributed by atoms with Gasteiger partial charge in [0.05, 0.1) is 0 Å². The minimum atomic E-state index is -1.57. The van der Waals surface area contributed by atoms with Gasteiger partial charge in [-0.15, -0.1) is 0 Å². The lowest BCUT2D eigenvalue weighted by atomic mass is 9.89. The van der Waals surface area contributed by atoms with E-state index in [1.165, 1.54) is 23.9 Å². The molecule has 1 unspecified atom stereocenters. The second kappa shape index (κ2) is 5.04. The van der Waals surface area contributed by atoms with Gasteiger partial charge in [0.25, 0.3) is 5.56 Å². The highest BCUT2D eigenvalue weighted by Crippen LogP contribution is 2.56. The molecule has 1 aliphatic carbocycles. The highest BCUT2D eigenvalue weighted by molar-refractivity contribution is 5.01. The summed E-state index contributed by atoms with van der Waals surface area (Å²) in [5, 5.41) is 19.2. The predicted molar refractivity (Wildman–Crippen MR) is 78.1 cm³/mol. The van der Waals surface area contributed by atoms with Crippen LogP contribution < -0.4 is 11.2 Å². The smallest absolute Gasteiger partial charge is 0.332 e. The summed E-state index contributed by atoms with van der Waals surface area (Å²) in [4.78, 5) is 23.9. The maximum atomic E-state index is 12.3. The molecule has 1 aliphatic heterocycles. The van der Waals surface area contributed by atoms with Gasteiger partial charge in [-0.1, -0.05) is 13.8 Å². The number of aliphatic hydroxyl groups excluding tert-OH is 1. The van der Waals surface area contributed by atoms with Crippen molar-refractivity contribution in [2.24, 2.45) is 24.3 Å². The average Bonchev–Trinajstić information content (AvgIpc) is 2.90. The third kappa shape index (κ3) is 2.33. The van der Waals surface area contributed by atoms with Crippen molar-refractivity contribution in [1.82, 2.24) is 9.13 Å². The summed E-state index contributed by atoms with van der Waals surface area (Å²) >= 11 is 0. The van der Waals surface area contributed by atoms with Crippen molar-refractivity contribution in [2.45, 2.75) is 45.3 Å². The van der Waals surface area contributed by atoms with Crippen LogP contribution in [-0.4, -0.2) is 31.7 Å². The van der Waals surface area contributed by atoms with E-state index in [9.17, 15) is 19.8 Å². The molecule has 1 saturated carbocycles. The summed E-state index contributed by atoms with van der Waals surface area (Å²) in [6, 6.07) is 1.32. The molecule has 122 valence electrons. The molecule has 1 aromatic heterocycles. The Kier molecular flexibility index (Phi) is 3.54. The quantitative estimate of drug-likeness (QED) is 0.738. The minimum Gasteiger partial charge on any atom is -0.366 e. The molecule has 0 aromatic carbocycles. The molecule has 4 atom stereocenters. The highest BCUT2D eigenvalue weighted by Gasteiger charge is 2.55. The Morgan fingerprint density at radius 3 is 2.55 bits per heavy atom. The Morgan fingerprint density at radius 1 is 1.27 bits per heavy atom. The lowest BCUT2D eigenvalue weighted by Crippen LogP contribution is -2.40. The van der Waals surface area contributed by atoms with Crippen LogP contribution in [0.25, 0.3) is 0 Å². The lowest BCUT2D eigenvalue weighted by Gasteiger charge is -2.25. The van der Waals surface area contributed by atoms with Crippen LogP contribution in [0.3, 0.4) is 0 Å². The molecule has 2 N–H and O–H groups in total. The molecule has 7 nitrogen and oxygen atoms in total. The molecular weight excluding hydrogens is 288 g/mol.